The molecule has 0 radical (unpaired) electrons. The van der Waals surface area contributed by atoms with Crippen LogP contribution in [0.5, 0.6) is 0 Å². The van der Waals surface area contributed by atoms with Crippen molar-refractivity contribution in [1.29, 1.82) is 0 Å². The average Bonchev–Trinajstić information content (AvgIpc) is 2.89. The van der Waals surface area contributed by atoms with Gasteiger partial charge in [0.05, 0.1) is 0 Å². The monoisotopic (exact) mass is 495 g/mol. The van der Waals surface area contributed by atoms with Gasteiger partial charge < -0.3 is 0 Å². The Balaban J connectivity index is 1.68. The van der Waals surface area contributed by atoms with Crippen molar-refractivity contribution in [2.75, 3.05) is 4.90 Å². The van der Waals surface area contributed by atoms with E-state index in [1.165, 1.54) is 49.8 Å². The number of hydrogen-bond donors (Lipinski definition) is 0. The van der Waals surface area contributed by atoms with Gasteiger partial charge in [-0.1, -0.05) is 104 Å². The highest BCUT2D eigenvalue weighted by Gasteiger charge is 2.28. The number of nitrogens with zero attached hydrogens (tertiary/aromatic N) is 3. The minimum absolute atomic E-state index is 0.148. The number of hydrogen-bond acceptors (Lipinski definition) is 3. The average molecular weight is 495 g/mol. The minimum Gasteiger partial charge on any atom is -0.295 e. The summed E-state index contributed by atoms with van der Waals surface area (Å²) >= 11 is 0. The van der Waals surface area contributed by atoms with Crippen molar-refractivity contribution in [3.8, 4) is 0 Å². The maximum absolute atomic E-state index is 4.56. The Hall–Kier alpha value is -4.18. The number of aromatic nitrogens is 2. The van der Waals surface area contributed by atoms with Crippen molar-refractivity contribution in [3.63, 3.8) is 0 Å². The molecular weight excluding hydrogens is 461 g/mol. The van der Waals surface area contributed by atoms with Gasteiger partial charge in [0, 0.05) is 17.6 Å². The zero-order chi connectivity index (χ0) is 26.8. The summed E-state index contributed by atoms with van der Waals surface area (Å²) < 4.78 is 0. The van der Waals surface area contributed by atoms with E-state index in [9.17, 15) is 0 Å². The molecule has 0 fully saturated rings. The number of anilines is 3. The number of para-hydroxylation sites is 1. The number of benzene rings is 4. The molecule has 0 spiro atoms. The fourth-order valence-corrected chi connectivity index (χ4v) is 5.99. The third kappa shape index (κ3) is 4.99. The maximum Gasteiger partial charge on any atom is 0.242 e. The molecule has 0 aliphatic heterocycles. The summed E-state index contributed by atoms with van der Waals surface area (Å²) in [5.74, 6) is 0.839. The van der Waals surface area contributed by atoms with E-state index < -0.39 is 0 Å². The molecule has 5 rings (SSSR count). The molecule has 4 heteroatoms. The Morgan fingerprint density at radius 1 is 0.579 bits per heavy atom. The molecule has 0 aliphatic rings. The van der Waals surface area contributed by atoms with E-state index >= 15 is 0 Å². The van der Waals surface area contributed by atoms with Gasteiger partial charge in [0.2, 0.25) is 6.71 Å². The normalized spacial score (nSPS) is 10.9. The molecule has 0 amide bonds. The summed E-state index contributed by atoms with van der Waals surface area (Å²) in [5, 5.41) is 0. The van der Waals surface area contributed by atoms with Crippen molar-refractivity contribution < 1.29 is 0 Å². The van der Waals surface area contributed by atoms with E-state index in [1.807, 2.05) is 12.1 Å². The highest BCUT2D eigenvalue weighted by atomic mass is 15.2. The largest absolute Gasteiger partial charge is 0.295 e. The second-order valence-corrected chi connectivity index (χ2v) is 10.4. The first-order valence-electron chi connectivity index (χ1n) is 13.2. The molecule has 1 heterocycles. The molecule has 4 aromatic carbocycles. The van der Waals surface area contributed by atoms with Gasteiger partial charge in [-0.2, -0.15) is 0 Å². The summed E-state index contributed by atoms with van der Waals surface area (Å²) in [6.45, 7) is 13.5. The van der Waals surface area contributed by atoms with Crippen LogP contribution in [0.3, 0.4) is 0 Å². The molecular formula is C34H34BN3. The fraction of sp³-hybridized carbons (Fsp3) is 0.176. The zero-order valence-electron chi connectivity index (χ0n) is 23.2. The summed E-state index contributed by atoms with van der Waals surface area (Å²) in [6.07, 6.45) is 3.39. The number of aryl methyl sites for hydroxylation is 6. The topological polar surface area (TPSA) is 29.0 Å². The van der Waals surface area contributed by atoms with Crippen LogP contribution in [0, 0.1) is 41.5 Å². The maximum atomic E-state index is 4.56. The van der Waals surface area contributed by atoms with Crippen molar-refractivity contribution in [2.45, 2.75) is 41.5 Å². The molecule has 0 saturated heterocycles. The summed E-state index contributed by atoms with van der Waals surface area (Å²) in [7, 11) is 0. The van der Waals surface area contributed by atoms with Crippen LogP contribution in [0.2, 0.25) is 0 Å². The van der Waals surface area contributed by atoms with Gasteiger partial charge in [-0.25, -0.2) is 9.97 Å². The van der Waals surface area contributed by atoms with Gasteiger partial charge in [-0.05, 0) is 71.9 Å². The molecule has 0 aliphatic carbocycles. The van der Waals surface area contributed by atoms with E-state index in [4.69, 9.17) is 0 Å². The lowest BCUT2D eigenvalue weighted by Crippen LogP contribution is -2.55. The fourth-order valence-electron chi connectivity index (χ4n) is 5.99. The zero-order valence-corrected chi connectivity index (χ0v) is 23.2. The van der Waals surface area contributed by atoms with Crippen LogP contribution in [0.25, 0.3) is 0 Å². The first kappa shape index (κ1) is 25.5. The lowest BCUT2D eigenvalue weighted by molar-refractivity contribution is 1.11. The standard InChI is InChI=1S/C34H34BN3/c1-23-18-25(3)33(26(4)19-23)35(34-27(5)20-24(2)21-28(34)6)29-12-14-31(15-13-29)38(30-10-8-7-9-11-30)32-16-17-36-22-37-32/h7-22H,1-6H3. The molecule has 1 aromatic heterocycles. The second-order valence-electron chi connectivity index (χ2n) is 10.4. The van der Waals surface area contributed by atoms with E-state index in [2.05, 4.69) is 129 Å². The minimum atomic E-state index is 0.148. The molecule has 0 atom stereocenters. The van der Waals surface area contributed by atoms with E-state index in [0.717, 1.165) is 17.2 Å². The summed E-state index contributed by atoms with van der Waals surface area (Å²) in [6, 6.07) is 30.6. The van der Waals surface area contributed by atoms with Crippen LogP contribution in [-0.4, -0.2) is 16.7 Å². The predicted octanol–water partition coefficient (Wildman–Crippen LogP) is 6.31. The first-order valence-corrected chi connectivity index (χ1v) is 13.2. The Morgan fingerprint density at radius 3 is 1.55 bits per heavy atom. The van der Waals surface area contributed by atoms with Crippen LogP contribution < -0.4 is 21.3 Å². The van der Waals surface area contributed by atoms with Crippen molar-refractivity contribution in [1.82, 2.24) is 9.97 Å². The Labute approximate surface area is 227 Å². The third-order valence-corrected chi connectivity index (χ3v) is 7.35. The smallest absolute Gasteiger partial charge is 0.242 e. The Kier molecular flexibility index (Phi) is 7.15. The Bertz CT molecular complexity index is 1420. The van der Waals surface area contributed by atoms with Crippen molar-refractivity contribution in [2.24, 2.45) is 0 Å². The van der Waals surface area contributed by atoms with Crippen LogP contribution in [0.15, 0.2) is 97.5 Å². The van der Waals surface area contributed by atoms with Crippen LogP contribution in [-0.2, 0) is 0 Å². The van der Waals surface area contributed by atoms with E-state index in [1.54, 1.807) is 12.5 Å². The third-order valence-electron chi connectivity index (χ3n) is 7.35. The SMILES string of the molecule is Cc1cc(C)c(B(c2ccc(N(c3ccccc3)c3ccncn3)cc2)c2c(C)cc(C)cc2C)c(C)c1. The molecule has 0 unspecified atom stereocenters. The molecule has 3 nitrogen and oxygen atoms in total. The lowest BCUT2D eigenvalue weighted by atomic mass is 9.34. The van der Waals surface area contributed by atoms with Crippen molar-refractivity contribution >= 4 is 40.3 Å². The molecule has 38 heavy (non-hydrogen) atoms. The van der Waals surface area contributed by atoms with E-state index in [0.29, 0.717) is 0 Å². The van der Waals surface area contributed by atoms with Gasteiger partial charge >= 0.3 is 0 Å². The van der Waals surface area contributed by atoms with Gasteiger partial charge in [0.1, 0.15) is 12.1 Å². The molecule has 5 aromatic rings. The highest BCUT2D eigenvalue weighted by Crippen LogP contribution is 2.32. The van der Waals surface area contributed by atoms with Crippen molar-refractivity contribution in [3.05, 3.63) is 131 Å². The van der Waals surface area contributed by atoms with Gasteiger partial charge in [0.15, 0.2) is 0 Å². The molecule has 188 valence electrons. The summed E-state index contributed by atoms with van der Waals surface area (Å²) in [4.78, 5) is 10.9. The van der Waals surface area contributed by atoms with Crippen LogP contribution >= 0.6 is 0 Å². The van der Waals surface area contributed by atoms with Crippen LogP contribution in [0.4, 0.5) is 17.2 Å². The quantitative estimate of drug-likeness (QED) is 0.259. The lowest BCUT2D eigenvalue weighted by Gasteiger charge is -2.26. The first-order chi connectivity index (χ1) is 18.3. The summed E-state index contributed by atoms with van der Waals surface area (Å²) in [5.41, 5.74) is 14.2. The second kappa shape index (κ2) is 10.7. The van der Waals surface area contributed by atoms with Gasteiger partial charge in [-0.15, -0.1) is 0 Å². The van der Waals surface area contributed by atoms with Gasteiger partial charge in [0.25, 0.3) is 0 Å². The Morgan fingerprint density at radius 2 is 1.08 bits per heavy atom. The van der Waals surface area contributed by atoms with Crippen LogP contribution in [0.1, 0.15) is 33.4 Å². The van der Waals surface area contributed by atoms with E-state index in [-0.39, 0.29) is 6.71 Å². The number of rotatable bonds is 6. The van der Waals surface area contributed by atoms with Gasteiger partial charge in [-0.3, -0.25) is 4.90 Å². The molecule has 0 saturated carbocycles. The molecule has 0 N–H and O–H groups in total. The predicted molar refractivity (Wildman–Crippen MR) is 163 cm³/mol. The molecule has 0 bridgehead atoms. The highest BCUT2D eigenvalue weighted by molar-refractivity contribution is 6.96.